The number of allylic oxidation sites excluding steroid dienone is 1. The summed E-state index contributed by atoms with van der Waals surface area (Å²) in [6, 6.07) is 38.1. The van der Waals surface area contributed by atoms with Crippen molar-refractivity contribution in [3.05, 3.63) is 169 Å². The number of rotatable bonds is 8. The Morgan fingerprint density at radius 2 is 1.64 bits per heavy atom. The van der Waals surface area contributed by atoms with Crippen molar-refractivity contribution in [3.8, 4) is 11.5 Å². The van der Waals surface area contributed by atoms with Crippen LogP contribution in [0, 0.1) is 0 Å². The standard InChI is InChI=1S/C39H31N3O4S/c1-25-35(37(43)41-30-14-4-3-5-15-30)36(28-18-20-31(45-2)21-19-28)42-38(44)34(47-39(42)40-25)23-26-10-8-16-32(22-26)46-24-29-13-9-12-27-11-6-7-17-33(27)29/h3-23,36H,24H2,1-2H3,(H,41,43)/b34-23+/t36-/m1/s1. The Bertz CT molecular complexity index is 2320. The van der Waals surface area contributed by atoms with E-state index in [9.17, 15) is 9.59 Å². The van der Waals surface area contributed by atoms with E-state index in [-0.39, 0.29) is 11.5 Å². The highest BCUT2D eigenvalue weighted by molar-refractivity contribution is 7.07. The van der Waals surface area contributed by atoms with E-state index in [0.717, 1.165) is 22.1 Å². The molecule has 8 heteroatoms. The second-order valence-corrected chi connectivity index (χ2v) is 12.2. The van der Waals surface area contributed by atoms with Crippen molar-refractivity contribution >= 4 is 39.8 Å². The second-order valence-electron chi connectivity index (χ2n) is 11.2. The number of carbonyl (C=O) groups is 1. The lowest BCUT2D eigenvalue weighted by molar-refractivity contribution is -0.113. The van der Waals surface area contributed by atoms with Gasteiger partial charge in [-0.05, 0) is 76.9 Å². The molecule has 0 spiro atoms. The maximum atomic E-state index is 14.1. The van der Waals surface area contributed by atoms with Gasteiger partial charge in [0, 0.05) is 5.69 Å². The maximum absolute atomic E-state index is 14.1. The number of ether oxygens (including phenoxy) is 2. The third kappa shape index (κ3) is 6.11. The monoisotopic (exact) mass is 637 g/mol. The average molecular weight is 638 g/mol. The van der Waals surface area contributed by atoms with Gasteiger partial charge in [0.15, 0.2) is 4.80 Å². The Kier molecular flexibility index (Phi) is 8.25. The molecule has 1 aliphatic heterocycles. The molecule has 7 rings (SSSR count). The number of carbonyl (C=O) groups excluding carboxylic acids is 1. The first-order valence-corrected chi connectivity index (χ1v) is 16.0. The first kappa shape index (κ1) is 30.0. The maximum Gasteiger partial charge on any atom is 0.271 e. The van der Waals surface area contributed by atoms with Crippen molar-refractivity contribution in [2.45, 2.75) is 19.6 Å². The van der Waals surface area contributed by atoms with Crippen molar-refractivity contribution in [2.24, 2.45) is 4.99 Å². The summed E-state index contributed by atoms with van der Waals surface area (Å²) in [4.78, 5) is 33.2. The van der Waals surface area contributed by atoms with Crippen molar-refractivity contribution in [2.75, 3.05) is 12.4 Å². The molecular formula is C39H31N3O4S. The molecule has 0 saturated carbocycles. The minimum absolute atomic E-state index is 0.228. The van der Waals surface area contributed by atoms with E-state index in [0.29, 0.717) is 44.4 Å². The molecule has 7 nitrogen and oxygen atoms in total. The van der Waals surface area contributed by atoms with Crippen LogP contribution in [0.4, 0.5) is 5.69 Å². The number of hydrogen-bond acceptors (Lipinski definition) is 6. The second kappa shape index (κ2) is 12.9. The molecule has 0 saturated heterocycles. The van der Waals surface area contributed by atoms with Crippen LogP contribution in [0.25, 0.3) is 16.8 Å². The Morgan fingerprint density at radius 1 is 0.894 bits per heavy atom. The van der Waals surface area contributed by atoms with Gasteiger partial charge in [0.25, 0.3) is 11.5 Å². The van der Waals surface area contributed by atoms with Crippen LogP contribution in [0.3, 0.4) is 0 Å². The minimum Gasteiger partial charge on any atom is -0.497 e. The van der Waals surface area contributed by atoms with Crippen LogP contribution >= 0.6 is 11.3 Å². The normalized spacial score (nSPS) is 14.4. The number of nitrogens with zero attached hydrogens (tertiary/aromatic N) is 2. The zero-order chi connectivity index (χ0) is 32.3. The predicted octanol–water partition coefficient (Wildman–Crippen LogP) is 6.61. The number of benzene rings is 5. The molecule has 0 fully saturated rings. The van der Waals surface area contributed by atoms with Gasteiger partial charge >= 0.3 is 0 Å². The topological polar surface area (TPSA) is 81.9 Å². The zero-order valence-corrected chi connectivity index (χ0v) is 26.7. The van der Waals surface area contributed by atoms with E-state index >= 15 is 0 Å². The van der Waals surface area contributed by atoms with Gasteiger partial charge < -0.3 is 14.8 Å². The smallest absolute Gasteiger partial charge is 0.271 e. The van der Waals surface area contributed by atoms with Crippen LogP contribution < -0.4 is 29.7 Å². The van der Waals surface area contributed by atoms with Crippen LogP contribution in [0.2, 0.25) is 0 Å². The predicted molar refractivity (Wildman–Crippen MR) is 187 cm³/mol. The summed E-state index contributed by atoms with van der Waals surface area (Å²) in [6.07, 6.45) is 1.85. The molecular weight excluding hydrogens is 607 g/mol. The lowest BCUT2D eigenvalue weighted by atomic mass is 9.95. The van der Waals surface area contributed by atoms with Gasteiger partial charge in [-0.1, -0.05) is 96.3 Å². The number of methoxy groups -OCH3 is 1. The van der Waals surface area contributed by atoms with Gasteiger partial charge in [-0.3, -0.25) is 14.2 Å². The number of nitrogens with one attached hydrogen (secondary N) is 1. The fourth-order valence-electron chi connectivity index (χ4n) is 5.86. The Hall–Kier alpha value is -5.73. The third-order valence-corrected chi connectivity index (χ3v) is 9.14. The Morgan fingerprint density at radius 3 is 2.45 bits per heavy atom. The van der Waals surface area contributed by atoms with E-state index in [4.69, 9.17) is 14.5 Å². The minimum atomic E-state index is -0.682. The molecule has 232 valence electrons. The number of anilines is 1. The lowest BCUT2D eigenvalue weighted by Crippen LogP contribution is -2.40. The average Bonchev–Trinajstić information content (AvgIpc) is 3.40. The molecule has 1 aliphatic rings. The van der Waals surface area contributed by atoms with Crippen LogP contribution in [0.5, 0.6) is 11.5 Å². The van der Waals surface area contributed by atoms with Crippen molar-refractivity contribution in [3.63, 3.8) is 0 Å². The molecule has 1 N–H and O–H groups in total. The molecule has 0 radical (unpaired) electrons. The highest BCUT2D eigenvalue weighted by atomic mass is 32.1. The van der Waals surface area contributed by atoms with E-state index in [2.05, 4.69) is 29.6 Å². The van der Waals surface area contributed by atoms with Crippen LogP contribution in [0.1, 0.15) is 29.7 Å². The Balaban J connectivity index is 1.24. The van der Waals surface area contributed by atoms with Gasteiger partial charge in [0.1, 0.15) is 18.1 Å². The van der Waals surface area contributed by atoms with E-state index in [1.165, 1.54) is 16.7 Å². The summed E-state index contributed by atoms with van der Waals surface area (Å²) in [5, 5.41) is 5.31. The van der Waals surface area contributed by atoms with E-state index in [1.807, 2.05) is 110 Å². The van der Waals surface area contributed by atoms with Crippen LogP contribution in [0.15, 0.2) is 142 Å². The summed E-state index contributed by atoms with van der Waals surface area (Å²) in [7, 11) is 1.60. The quantitative estimate of drug-likeness (QED) is 0.204. The largest absolute Gasteiger partial charge is 0.497 e. The summed E-state index contributed by atoms with van der Waals surface area (Å²) in [5.41, 5.74) is 4.08. The van der Waals surface area contributed by atoms with Crippen molar-refractivity contribution in [1.82, 2.24) is 4.57 Å². The molecule has 1 aromatic heterocycles. The van der Waals surface area contributed by atoms with Gasteiger partial charge in [-0.2, -0.15) is 0 Å². The zero-order valence-electron chi connectivity index (χ0n) is 25.8. The highest BCUT2D eigenvalue weighted by Crippen LogP contribution is 2.32. The molecule has 6 aromatic rings. The summed E-state index contributed by atoms with van der Waals surface area (Å²) in [6.45, 7) is 2.23. The van der Waals surface area contributed by atoms with Gasteiger partial charge in [-0.25, -0.2) is 4.99 Å². The van der Waals surface area contributed by atoms with Gasteiger partial charge in [0.05, 0.1) is 29.0 Å². The lowest BCUT2D eigenvalue weighted by Gasteiger charge is -2.25. The van der Waals surface area contributed by atoms with Gasteiger partial charge in [0.2, 0.25) is 0 Å². The SMILES string of the molecule is COc1ccc([C@@H]2C(C(=O)Nc3ccccc3)=C(C)N=c3s/c(=C/c4cccc(OCc5cccc6ccccc56)c4)c(=O)n32)cc1. The molecule has 0 bridgehead atoms. The first-order valence-electron chi connectivity index (χ1n) is 15.2. The number of amides is 1. The summed E-state index contributed by atoms with van der Waals surface area (Å²) in [5.74, 6) is 1.06. The first-order chi connectivity index (χ1) is 23.0. The fraction of sp³-hybridized carbons (Fsp3) is 0.103. The molecule has 2 heterocycles. The summed E-state index contributed by atoms with van der Waals surface area (Å²) < 4.78 is 13.7. The highest BCUT2D eigenvalue weighted by Gasteiger charge is 2.32. The van der Waals surface area contributed by atoms with Gasteiger partial charge in [-0.15, -0.1) is 0 Å². The molecule has 1 amide bonds. The van der Waals surface area contributed by atoms with Crippen LogP contribution in [-0.2, 0) is 11.4 Å². The molecule has 0 aliphatic carbocycles. The van der Waals surface area contributed by atoms with E-state index < -0.39 is 6.04 Å². The third-order valence-electron chi connectivity index (χ3n) is 8.16. The molecule has 5 aromatic carbocycles. The summed E-state index contributed by atoms with van der Waals surface area (Å²) >= 11 is 1.30. The fourth-order valence-corrected chi connectivity index (χ4v) is 6.90. The molecule has 1 atom stereocenters. The molecule has 0 unspecified atom stereocenters. The number of para-hydroxylation sites is 1. The van der Waals surface area contributed by atoms with Crippen molar-refractivity contribution in [1.29, 1.82) is 0 Å². The van der Waals surface area contributed by atoms with Crippen molar-refractivity contribution < 1.29 is 14.3 Å². The van der Waals surface area contributed by atoms with Crippen LogP contribution in [-0.4, -0.2) is 17.6 Å². The number of aromatic nitrogens is 1. The van der Waals surface area contributed by atoms with E-state index in [1.54, 1.807) is 11.7 Å². The molecule has 47 heavy (non-hydrogen) atoms. The number of hydrogen-bond donors (Lipinski definition) is 1. The number of thiazole rings is 1. The Labute approximate surface area is 275 Å². The number of fused-ring (bicyclic) bond motifs is 2.